The lowest BCUT2D eigenvalue weighted by molar-refractivity contribution is -0.139. The van der Waals surface area contributed by atoms with Crippen LogP contribution in [0.15, 0.2) is 0 Å². The average Bonchev–Trinajstić information content (AvgIpc) is 2.41. The van der Waals surface area contributed by atoms with Crippen molar-refractivity contribution in [2.75, 3.05) is 24.6 Å². The number of carbonyl (C=O) groups excluding carboxylic acids is 1. The summed E-state index contributed by atoms with van der Waals surface area (Å²) < 4.78 is 0. The molecule has 2 rings (SSSR count). The van der Waals surface area contributed by atoms with Gasteiger partial charge < -0.3 is 10.6 Å². The molecule has 1 saturated heterocycles. The number of hydrogen-bond acceptors (Lipinski definition) is 4. The normalized spacial score (nSPS) is 26.5. The zero-order valence-corrected chi connectivity index (χ0v) is 9.83. The molecule has 2 N–H and O–H groups in total. The number of hydrogen-bond donors (Lipinski definition) is 1. The first kappa shape index (κ1) is 10.6. The fourth-order valence-electron chi connectivity index (χ4n) is 1.81. The third-order valence-corrected chi connectivity index (χ3v) is 5.30. The Balaban J connectivity index is 1.95. The van der Waals surface area contributed by atoms with Crippen molar-refractivity contribution in [1.82, 2.24) is 4.90 Å². The first-order valence-corrected chi connectivity index (χ1v) is 7.54. The van der Waals surface area contributed by atoms with Gasteiger partial charge in [0, 0.05) is 24.6 Å². The molecule has 0 aromatic rings. The van der Waals surface area contributed by atoms with Crippen LogP contribution in [0.25, 0.3) is 0 Å². The Hall–Kier alpha value is 0.130. The van der Waals surface area contributed by atoms with Crippen LogP contribution in [0.3, 0.4) is 0 Å². The molecule has 0 bridgehead atoms. The number of rotatable bonds is 1. The highest BCUT2D eigenvalue weighted by Gasteiger charge is 2.42. The summed E-state index contributed by atoms with van der Waals surface area (Å²) in [6.07, 6.45) is 2.87. The van der Waals surface area contributed by atoms with Gasteiger partial charge in [0.25, 0.3) is 0 Å². The maximum atomic E-state index is 12.0. The van der Waals surface area contributed by atoms with E-state index < -0.39 is 5.54 Å². The zero-order chi connectivity index (χ0) is 10.0. The van der Waals surface area contributed by atoms with Crippen molar-refractivity contribution in [1.29, 1.82) is 0 Å². The summed E-state index contributed by atoms with van der Waals surface area (Å²) in [6, 6.07) is 0. The van der Waals surface area contributed by atoms with Crippen LogP contribution in [0, 0.1) is 0 Å². The molecule has 0 unspecified atom stereocenters. The molecule has 80 valence electrons. The zero-order valence-electron chi connectivity index (χ0n) is 8.20. The molecule has 2 fully saturated rings. The molecule has 1 aliphatic carbocycles. The molecule has 1 aliphatic heterocycles. The third kappa shape index (κ3) is 2.04. The van der Waals surface area contributed by atoms with Gasteiger partial charge in [-0.05, 0) is 19.3 Å². The van der Waals surface area contributed by atoms with E-state index in [9.17, 15) is 4.79 Å². The SMILES string of the molecule is NC1(C(=O)N2CCSSCC2)CCC1. The predicted octanol–water partition coefficient (Wildman–Crippen LogP) is 1.09. The summed E-state index contributed by atoms with van der Waals surface area (Å²) in [4.78, 5) is 14.0. The van der Waals surface area contributed by atoms with E-state index in [0.29, 0.717) is 0 Å². The largest absolute Gasteiger partial charge is 0.339 e. The molecule has 0 spiro atoms. The molecule has 1 saturated carbocycles. The van der Waals surface area contributed by atoms with Gasteiger partial charge in [0.15, 0.2) is 0 Å². The molecule has 5 heteroatoms. The Morgan fingerprint density at radius 3 is 2.21 bits per heavy atom. The molecule has 0 atom stereocenters. The van der Waals surface area contributed by atoms with Gasteiger partial charge in [0.2, 0.25) is 5.91 Å². The van der Waals surface area contributed by atoms with E-state index in [4.69, 9.17) is 5.73 Å². The van der Waals surface area contributed by atoms with Crippen LogP contribution >= 0.6 is 21.6 Å². The van der Waals surface area contributed by atoms with Gasteiger partial charge >= 0.3 is 0 Å². The lowest BCUT2D eigenvalue weighted by Crippen LogP contribution is -2.60. The van der Waals surface area contributed by atoms with E-state index in [1.54, 1.807) is 0 Å². The van der Waals surface area contributed by atoms with Gasteiger partial charge in [-0.2, -0.15) is 0 Å². The van der Waals surface area contributed by atoms with Crippen molar-refractivity contribution < 1.29 is 4.79 Å². The van der Waals surface area contributed by atoms with Gasteiger partial charge in [-0.15, -0.1) is 0 Å². The van der Waals surface area contributed by atoms with E-state index in [0.717, 1.165) is 43.9 Å². The second-order valence-electron chi connectivity index (χ2n) is 3.95. The lowest BCUT2D eigenvalue weighted by atomic mass is 9.76. The van der Waals surface area contributed by atoms with Crippen LogP contribution in [0.5, 0.6) is 0 Å². The lowest BCUT2D eigenvalue weighted by Gasteiger charge is -2.40. The highest BCUT2D eigenvalue weighted by Crippen LogP contribution is 2.32. The van der Waals surface area contributed by atoms with Crippen molar-refractivity contribution in [3.63, 3.8) is 0 Å². The summed E-state index contributed by atoms with van der Waals surface area (Å²) in [7, 11) is 3.71. The molecular weight excluding hydrogens is 216 g/mol. The summed E-state index contributed by atoms with van der Waals surface area (Å²) in [5, 5.41) is 0. The fourth-order valence-corrected chi connectivity index (χ4v) is 3.79. The van der Waals surface area contributed by atoms with Crippen LogP contribution < -0.4 is 5.73 Å². The van der Waals surface area contributed by atoms with Gasteiger partial charge in [0.05, 0.1) is 5.54 Å². The Morgan fingerprint density at radius 2 is 1.79 bits per heavy atom. The standard InChI is InChI=1S/C9H16N2OS2/c10-9(2-1-3-9)8(12)11-4-6-13-14-7-5-11/h1-7,10H2. The Labute approximate surface area is 92.6 Å². The predicted molar refractivity (Wildman–Crippen MR) is 62.3 cm³/mol. The molecule has 0 aromatic carbocycles. The molecule has 0 radical (unpaired) electrons. The first-order chi connectivity index (χ1) is 6.72. The highest BCUT2D eigenvalue weighted by molar-refractivity contribution is 8.76. The summed E-state index contributed by atoms with van der Waals surface area (Å²) in [5.74, 6) is 2.26. The molecule has 2 aliphatic rings. The molecule has 1 heterocycles. The number of nitrogens with zero attached hydrogens (tertiary/aromatic N) is 1. The van der Waals surface area contributed by atoms with Crippen molar-refractivity contribution in [2.45, 2.75) is 24.8 Å². The van der Waals surface area contributed by atoms with Gasteiger partial charge in [0.1, 0.15) is 0 Å². The minimum atomic E-state index is -0.500. The summed E-state index contributed by atoms with van der Waals surface area (Å²) >= 11 is 0. The van der Waals surface area contributed by atoms with Crippen molar-refractivity contribution in [3.8, 4) is 0 Å². The van der Waals surface area contributed by atoms with Crippen LogP contribution in [0.1, 0.15) is 19.3 Å². The Bertz CT molecular complexity index is 223. The van der Waals surface area contributed by atoms with E-state index in [2.05, 4.69) is 0 Å². The van der Waals surface area contributed by atoms with Gasteiger partial charge in [-0.25, -0.2) is 0 Å². The maximum Gasteiger partial charge on any atom is 0.242 e. The fraction of sp³-hybridized carbons (Fsp3) is 0.889. The van der Waals surface area contributed by atoms with E-state index in [-0.39, 0.29) is 5.91 Å². The summed E-state index contributed by atoms with van der Waals surface area (Å²) in [5.41, 5.74) is 5.52. The maximum absolute atomic E-state index is 12.0. The third-order valence-electron chi connectivity index (χ3n) is 2.93. The van der Waals surface area contributed by atoms with E-state index in [1.807, 2.05) is 26.5 Å². The Kier molecular flexibility index (Phi) is 3.29. The number of amides is 1. The molecule has 14 heavy (non-hydrogen) atoms. The number of carbonyl (C=O) groups is 1. The topological polar surface area (TPSA) is 46.3 Å². The van der Waals surface area contributed by atoms with E-state index in [1.165, 1.54) is 0 Å². The second-order valence-corrected chi connectivity index (χ2v) is 6.65. The van der Waals surface area contributed by atoms with Crippen LogP contribution in [0.4, 0.5) is 0 Å². The van der Waals surface area contributed by atoms with Crippen molar-refractivity contribution in [3.05, 3.63) is 0 Å². The molecule has 0 aromatic heterocycles. The first-order valence-electron chi connectivity index (χ1n) is 5.05. The average molecular weight is 232 g/mol. The smallest absolute Gasteiger partial charge is 0.242 e. The number of nitrogens with two attached hydrogens (primary N) is 1. The second kappa shape index (κ2) is 4.33. The minimum Gasteiger partial charge on any atom is -0.339 e. The molecule has 3 nitrogen and oxygen atoms in total. The van der Waals surface area contributed by atoms with Crippen LogP contribution in [-0.4, -0.2) is 40.9 Å². The van der Waals surface area contributed by atoms with Gasteiger partial charge in [-0.1, -0.05) is 21.6 Å². The molecular formula is C9H16N2OS2. The Morgan fingerprint density at radius 1 is 1.21 bits per heavy atom. The van der Waals surface area contributed by atoms with Crippen molar-refractivity contribution >= 4 is 27.5 Å². The summed E-state index contributed by atoms with van der Waals surface area (Å²) in [6.45, 7) is 1.74. The van der Waals surface area contributed by atoms with Crippen LogP contribution in [0.2, 0.25) is 0 Å². The highest BCUT2D eigenvalue weighted by atomic mass is 33.1. The monoisotopic (exact) mass is 232 g/mol. The quantitative estimate of drug-likeness (QED) is 0.688. The van der Waals surface area contributed by atoms with Crippen LogP contribution in [-0.2, 0) is 4.79 Å². The van der Waals surface area contributed by atoms with E-state index >= 15 is 0 Å². The van der Waals surface area contributed by atoms with Crippen molar-refractivity contribution in [2.24, 2.45) is 5.73 Å². The van der Waals surface area contributed by atoms with Gasteiger partial charge in [-0.3, -0.25) is 4.79 Å². The minimum absolute atomic E-state index is 0.187. The molecule has 1 amide bonds.